The summed E-state index contributed by atoms with van der Waals surface area (Å²) in [4.78, 5) is 16.0. The molecule has 0 aromatic heterocycles. The van der Waals surface area contributed by atoms with Gasteiger partial charge < -0.3 is 16.4 Å². The molecular formula is C18H21FN4O. The number of halogens is 1. The Morgan fingerprint density at radius 2 is 1.88 bits per heavy atom. The van der Waals surface area contributed by atoms with Crippen molar-refractivity contribution in [2.45, 2.75) is 13.8 Å². The number of carbonyl (C=O) groups excluding carboxylic acids is 1. The van der Waals surface area contributed by atoms with Crippen LogP contribution >= 0.6 is 0 Å². The van der Waals surface area contributed by atoms with Gasteiger partial charge in [0, 0.05) is 17.8 Å². The molecule has 2 aromatic rings. The highest BCUT2D eigenvalue weighted by Gasteiger charge is 2.07. The van der Waals surface area contributed by atoms with Gasteiger partial charge in [0.15, 0.2) is 5.96 Å². The lowest BCUT2D eigenvalue weighted by atomic mass is 10.1. The first-order valence-electron chi connectivity index (χ1n) is 7.63. The SMILES string of the molecule is Cc1ccc(NC(N)=NCCNC(=O)c2ccc(C)c(F)c2)cc1. The van der Waals surface area contributed by atoms with E-state index in [4.69, 9.17) is 5.73 Å². The Kier molecular flexibility index (Phi) is 5.89. The second kappa shape index (κ2) is 8.10. The minimum Gasteiger partial charge on any atom is -0.370 e. The third kappa shape index (κ3) is 5.08. The van der Waals surface area contributed by atoms with Crippen molar-refractivity contribution in [3.05, 3.63) is 65.0 Å². The molecule has 0 aliphatic heterocycles. The van der Waals surface area contributed by atoms with Crippen LogP contribution in [0.1, 0.15) is 21.5 Å². The number of nitrogens with two attached hydrogens (primary N) is 1. The molecule has 4 N–H and O–H groups in total. The van der Waals surface area contributed by atoms with Gasteiger partial charge in [-0.1, -0.05) is 23.8 Å². The van der Waals surface area contributed by atoms with Gasteiger partial charge in [0.05, 0.1) is 6.54 Å². The number of hydrogen-bond acceptors (Lipinski definition) is 2. The molecule has 0 aliphatic carbocycles. The van der Waals surface area contributed by atoms with Crippen LogP contribution in [0.5, 0.6) is 0 Å². The van der Waals surface area contributed by atoms with Crippen molar-refractivity contribution >= 4 is 17.6 Å². The summed E-state index contributed by atoms with van der Waals surface area (Å²) in [5, 5.41) is 5.64. The maximum atomic E-state index is 13.4. The first-order chi connectivity index (χ1) is 11.5. The smallest absolute Gasteiger partial charge is 0.251 e. The van der Waals surface area contributed by atoms with E-state index in [1.165, 1.54) is 6.07 Å². The molecule has 0 fully saturated rings. The van der Waals surface area contributed by atoms with E-state index in [1.807, 2.05) is 31.2 Å². The Bertz CT molecular complexity index is 741. The Morgan fingerprint density at radius 3 is 2.54 bits per heavy atom. The Balaban J connectivity index is 1.79. The van der Waals surface area contributed by atoms with Crippen LogP contribution in [-0.4, -0.2) is 25.0 Å². The summed E-state index contributed by atoms with van der Waals surface area (Å²) >= 11 is 0. The van der Waals surface area contributed by atoms with Crippen molar-refractivity contribution < 1.29 is 9.18 Å². The van der Waals surface area contributed by atoms with Crippen LogP contribution in [0.15, 0.2) is 47.5 Å². The monoisotopic (exact) mass is 328 g/mol. The number of amides is 1. The van der Waals surface area contributed by atoms with Gasteiger partial charge in [0.1, 0.15) is 5.82 Å². The predicted octanol–water partition coefficient (Wildman–Crippen LogP) is 2.60. The summed E-state index contributed by atoms with van der Waals surface area (Å²) in [5.74, 6) is -0.462. The van der Waals surface area contributed by atoms with Crippen LogP contribution in [0.25, 0.3) is 0 Å². The topological polar surface area (TPSA) is 79.5 Å². The molecule has 2 rings (SSSR count). The van der Waals surface area contributed by atoms with Crippen molar-refractivity contribution in [2.75, 3.05) is 18.4 Å². The van der Waals surface area contributed by atoms with Gasteiger partial charge in [-0.3, -0.25) is 9.79 Å². The van der Waals surface area contributed by atoms with Gasteiger partial charge in [0.2, 0.25) is 0 Å². The number of aryl methyl sites for hydroxylation is 2. The molecule has 126 valence electrons. The number of benzene rings is 2. The fourth-order valence-corrected chi connectivity index (χ4v) is 2.01. The highest BCUT2D eigenvalue weighted by molar-refractivity contribution is 5.94. The third-order valence-corrected chi connectivity index (χ3v) is 3.44. The number of anilines is 1. The average molecular weight is 328 g/mol. The number of carbonyl (C=O) groups is 1. The lowest BCUT2D eigenvalue weighted by Gasteiger charge is -2.07. The summed E-state index contributed by atoms with van der Waals surface area (Å²) in [6, 6.07) is 12.1. The number of nitrogens with zero attached hydrogens (tertiary/aromatic N) is 1. The molecule has 0 saturated heterocycles. The van der Waals surface area contributed by atoms with Crippen LogP contribution in [-0.2, 0) is 0 Å². The first-order valence-corrected chi connectivity index (χ1v) is 7.63. The normalized spacial score (nSPS) is 11.2. The molecule has 1 amide bonds. The van der Waals surface area contributed by atoms with Crippen molar-refractivity contribution in [3.63, 3.8) is 0 Å². The zero-order valence-electron chi connectivity index (χ0n) is 13.8. The highest BCUT2D eigenvalue weighted by Crippen LogP contribution is 2.09. The summed E-state index contributed by atoms with van der Waals surface area (Å²) < 4.78 is 13.4. The van der Waals surface area contributed by atoms with Crippen molar-refractivity contribution in [1.29, 1.82) is 0 Å². The maximum Gasteiger partial charge on any atom is 0.251 e. The van der Waals surface area contributed by atoms with E-state index < -0.39 is 5.82 Å². The van der Waals surface area contributed by atoms with Crippen LogP contribution < -0.4 is 16.4 Å². The van der Waals surface area contributed by atoms with Gasteiger partial charge >= 0.3 is 0 Å². The molecule has 0 spiro atoms. The van der Waals surface area contributed by atoms with Gasteiger partial charge in [-0.15, -0.1) is 0 Å². The van der Waals surface area contributed by atoms with E-state index in [2.05, 4.69) is 15.6 Å². The molecule has 0 atom stereocenters. The summed E-state index contributed by atoms with van der Waals surface area (Å²) in [6.07, 6.45) is 0. The van der Waals surface area contributed by atoms with Gasteiger partial charge in [-0.2, -0.15) is 0 Å². The van der Waals surface area contributed by atoms with Gasteiger partial charge in [-0.25, -0.2) is 4.39 Å². The fraction of sp³-hybridized carbons (Fsp3) is 0.222. The molecule has 5 nitrogen and oxygen atoms in total. The standard InChI is InChI=1S/C18H21FN4O/c1-12-3-7-15(8-4-12)23-18(20)22-10-9-21-17(24)14-6-5-13(2)16(19)11-14/h3-8,11H,9-10H2,1-2H3,(H,21,24)(H3,20,22,23). The lowest BCUT2D eigenvalue weighted by Crippen LogP contribution is -2.28. The van der Waals surface area contributed by atoms with Crippen LogP contribution in [0.3, 0.4) is 0 Å². The number of nitrogens with one attached hydrogen (secondary N) is 2. The number of rotatable bonds is 5. The largest absolute Gasteiger partial charge is 0.370 e. The van der Waals surface area contributed by atoms with E-state index in [9.17, 15) is 9.18 Å². The van der Waals surface area contributed by atoms with E-state index in [0.717, 1.165) is 11.3 Å². The van der Waals surface area contributed by atoms with Gasteiger partial charge in [0.25, 0.3) is 5.91 Å². The quantitative estimate of drug-likeness (QED) is 0.448. The first kappa shape index (κ1) is 17.5. The van der Waals surface area contributed by atoms with E-state index >= 15 is 0 Å². The molecule has 24 heavy (non-hydrogen) atoms. The summed E-state index contributed by atoms with van der Waals surface area (Å²) in [7, 11) is 0. The molecule has 0 saturated carbocycles. The van der Waals surface area contributed by atoms with Crippen molar-refractivity contribution in [1.82, 2.24) is 5.32 Å². The van der Waals surface area contributed by atoms with Crippen LogP contribution in [0.2, 0.25) is 0 Å². The Labute approximate surface area is 140 Å². The average Bonchev–Trinajstić information content (AvgIpc) is 2.56. The molecule has 0 heterocycles. The minimum absolute atomic E-state index is 0.273. The molecule has 2 aromatic carbocycles. The van der Waals surface area contributed by atoms with Gasteiger partial charge in [-0.05, 0) is 43.7 Å². The summed E-state index contributed by atoms with van der Waals surface area (Å²) in [6.45, 7) is 4.29. The zero-order valence-corrected chi connectivity index (χ0v) is 13.8. The Hall–Kier alpha value is -2.89. The molecule has 6 heteroatoms. The second-order valence-electron chi connectivity index (χ2n) is 5.48. The predicted molar refractivity (Wildman–Crippen MR) is 94.8 cm³/mol. The van der Waals surface area contributed by atoms with E-state index in [0.29, 0.717) is 18.7 Å². The molecular weight excluding hydrogens is 307 g/mol. The van der Waals surface area contributed by atoms with Crippen molar-refractivity contribution in [3.8, 4) is 0 Å². The minimum atomic E-state index is -0.396. The van der Waals surface area contributed by atoms with E-state index in [-0.39, 0.29) is 17.4 Å². The second-order valence-corrected chi connectivity index (χ2v) is 5.48. The third-order valence-electron chi connectivity index (χ3n) is 3.44. The molecule has 0 bridgehead atoms. The molecule has 0 radical (unpaired) electrons. The number of guanidine groups is 1. The highest BCUT2D eigenvalue weighted by atomic mass is 19.1. The Morgan fingerprint density at radius 1 is 1.17 bits per heavy atom. The van der Waals surface area contributed by atoms with Crippen LogP contribution in [0.4, 0.5) is 10.1 Å². The molecule has 0 unspecified atom stereocenters. The molecule has 0 aliphatic rings. The summed E-state index contributed by atoms with van der Waals surface area (Å²) in [5.41, 5.74) is 8.58. The fourth-order valence-electron chi connectivity index (χ4n) is 2.01. The van der Waals surface area contributed by atoms with E-state index in [1.54, 1.807) is 19.1 Å². The maximum absolute atomic E-state index is 13.4. The number of aliphatic imine (C=N–C) groups is 1. The van der Waals surface area contributed by atoms with Crippen LogP contribution in [0, 0.1) is 19.7 Å². The zero-order chi connectivity index (χ0) is 17.5. The van der Waals surface area contributed by atoms with Crippen molar-refractivity contribution in [2.24, 2.45) is 10.7 Å². The number of hydrogen-bond donors (Lipinski definition) is 3. The lowest BCUT2D eigenvalue weighted by molar-refractivity contribution is 0.0954.